The van der Waals surface area contributed by atoms with E-state index < -0.39 is 0 Å². The van der Waals surface area contributed by atoms with Gasteiger partial charge in [0.05, 0.1) is 12.1 Å². The minimum atomic E-state index is -0.00800. The van der Waals surface area contributed by atoms with Crippen molar-refractivity contribution in [2.45, 2.75) is 53.0 Å². The number of rotatable bonds is 4. The van der Waals surface area contributed by atoms with Crippen molar-refractivity contribution in [1.82, 2.24) is 0 Å². The smallest absolute Gasteiger partial charge is 0.0732 e. The minimum Gasteiger partial charge on any atom is -0.193 e. The topological polar surface area (TPSA) is 24.7 Å². The largest absolute Gasteiger partial charge is 0.193 e. The molecule has 102 valence electrons. The van der Waals surface area contributed by atoms with Gasteiger partial charge in [-0.05, 0) is 33.1 Å². The highest BCUT2D eigenvalue weighted by atomic mass is 15.1. The fourth-order valence-corrected chi connectivity index (χ4v) is 1.36. The molecule has 0 aliphatic rings. The van der Waals surface area contributed by atoms with Crippen LogP contribution in [-0.2, 0) is 0 Å². The van der Waals surface area contributed by atoms with Crippen molar-refractivity contribution in [2.75, 3.05) is 6.54 Å². The van der Waals surface area contributed by atoms with Crippen LogP contribution in [0.2, 0.25) is 0 Å². The summed E-state index contributed by atoms with van der Waals surface area (Å²) in [6.45, 7) is 11.5. The molecule has 1 aromatic carbocycles. The first-order chi connectivity index (χ1) is 8.45. The summed E-state index contributed by atoms with van der Waals surface area (Å²) in [5.41, 5.74) is -0.00800. The van der Waals surface area contributed by atoms with Gasteiger partial charge in [-0.2, -0.15) is 10.2 Å². The van der Waals surface area contributed by atoms with Crippen LogP contribution in [0.1, 0.15) is 47.5 Å². The average molecular weight is 248 g/mol. The van der Waals surface area contributed by atoms with Gasteiger partial charge >= 0.3 is 0 Å². The van der Waals surface area contributed by atoms with Crippen LogP contribution >= 0.6 is 0 Å². The van der Waals surface area contributed by atoms with E-state index in [4.69, 9.17) is 0 Å². The van der Waals surface area contributed by atoms with Gasteiger partial charge < -0.3 is 0 Å². The number of benzene rings is 1. The Hall–Kier alpha value is -1.18. The van der Waals surface area contributed by atoms with Gasteiger partial charge in [0.2, 0.25) is 0 Å². The van der Waals surface area contributed by atoms with Crippen LogP contribution < -0.4 is 0 Å². The van der Waals surface area contributed by atoms with Gasteiger partial charge in [-0.3, -0.25) is 0 Å². The lowest BCUT2D eigenvalue weighted by Gasteiger charge is -2.10. The van der Waals surface area contributed by atoms with Crippen molar-refractivity contribution >= 4 is 0 Å². The molecule has 0 aliphatic heterocycles. The molecular weight excluding hydrogens is 220 g/mol. The fourth-order valence-electron chi connectivity index (χ4n) is 1.36. The Morgan fingerprint density at radius 2 is 1.39 bits per heavy atom. The molecule has 1 unspecified atom stereocenters. The molecule has 2 nitrogen and oxygen atoms in total. The monoisotopic (exact) mass is 248 g/mol. The van der Waals surface area contributed by atoms with Crippen LogP contribution in [0.5, 0.6) is 0 Å². The second-order valence-corrected chi connectivity index (χ2v) is 5.64. The van der Waals surface area contributed by atoms with Crippen molar-refractivity contribution in [2.24, 2.45) is 16.1 Å². The lowest BCUT2D eigenvalue weighted by molar-refractivity contribution is 0.487. The van der Waals surface area contributed by atoms with Gasteiger partial charge in [0, 0.05) is 0 Å². The molecule has 0 heterocycles. The van der Waals surface area contributed by atoms with Crippen molar-refractivity contribution in [3.63, 3.8) is 0 Å². The molecule has 0 saturated carbocycles. The summed E-state index contributed by atoms with van der Waals surface area (Å²) >= 11 is 0. The number of azo groups is 1. The summed E-state index contributed by atoms with van der Waals surface area (Å²) in [7, 11) is 0. The van der Waals surface area contributed by atoms with Crippen LogP contribution in [0, 0.1) is 5.92 Å². The molecule has 0 saturated heterocycles. The SMILES string of the molecule is CCCC(C)CN=NC(C)(C)C.c1ccccc1. The van der Waals surface area contributed by atoms with Crippen molar-refractivity contribution in [1.29, 1.82) is 0 Å². The van der Waals surface area contributed by atoms with Gasteiger partial charge in [-0.15, -0.1) is 0 Å². The molecule has 1 atom stereocenters. The predicted molar refractivity (Wildman–Crippen MR) is 80.0 cm³/mol. The molecule has 0 radical (unpaired) electrons. The Labute approximate surface area is 113 Å². The van der Waals surface area contributed by atoms with E-state index in [0.29, 0.717) is 5.92 Å². The third kappa shape index (κ3) is 12.9. The number of hydrogen-bond donors (Lipinski definition) is 0. The van der Waals surface area contributed by atoms with E-state index in [-0.39, 0.29) is 5.54 Å². The van der Waals surface area contributed by atoms with E-state index in [1.807, 2.05) is 36.4 Å². The number of nitrogens with zero attached hydrogens (tertiary/aromatic N) is 2. The Kier molecular flexibility index (Phi) is 9.17. The predicted octanol–water partition coefficient (Wildman–Crippen LogP) is 5.36. The highest BCUT2D eigenvalue weighted by molar-refractivity contribution is 4.99. The lowest BCUT2D eigenvalue weighted by Crippen LogP contribution is -2.09. The van der Waals surface area contributed by atoms with Crippen LogP contribution in [0.4, 0.5) is 0 Å². The minimum absolute atomic E-state index is 0.00800. The van der Waals surface area contributed by atoms with Crippen LogP contribution in [-0.4, -0.2) is 12.1 Å². The Bertz CT molecular complexity index is 272. The molecule has 0 fully saturated rings. The van der Waals surface area contributed by atoms with E-state index >= 15 is 0 Å². The van der Waals surface area contributed by atoms with Gasteiger partial charge in [-0.1, -0.05) is 56.7 Å². The second kappa shape index (κ2) is 9.81. The first-order valence-corrected chi connectivity index (χ1v) is 6.84. The van der Waals surface area contributed by atoms with Crippen molar-refractivity contribution in [3.8, 4) is 0 Å². The standard InChI is InChI=1S/C10H22N2.C6H6/c1-6-7-9(2)8-11-12-10(3,4)5;1-2-4-6-5-3-1/h9H,6-8H2,1-5H3;1-6H. The third-order valence-electron chi connectivity index (χ3n) is 2.21. The Morgan fingerprint density at radius 3 is 1.72 bits per heavy atom. The summed E-state index contributed by atoms with van der Waals surface area (Å²) < 4.78 is 0. The Balaban J connectivity index is 0.000000397. The maximum atomic E-state index is 4.20. The first kappa shape index (κ1) is 16.8. The van der Waals surface area contributed by atoms with E-state index in [0.717, 1.165) is 6.54 Å². The molecular formula is C16H28N2. The summed E-state index contributed by atoms with van der Waals surface area (Å²) in [5.74, 6) is 0.682. The summed E-state index contributed by atoms with van der Waals surface area (Å²) in [4.78, 5) is 0. The average Bonchev–Trinajstić information content (AvgIpc) is 2.31. The first-order valence-electron chi connectivity index (χ1n) is 6.84. The Morgan fingerprint density at radius 1 is 0.944 bits per heavy atom. The molecule has 0 aromatic heterocycles. The fraction of sp³-hybridized carbons (Fsp3) is 0.625. The van der Waals surface area contributed by atoms with Gasteiger partial charge in [0.15, 0.2) is 0 Å². The molecule has 0 N–H and O–H groups in total. The highest BCUT2D eigenvalue weighted by Gasteiger charge is 2.06. The maximum absolute atomic E-state index is 4.20. The van der Waals surface area contributed by atoms with E-state index in [1.54, 1.807) is 0 Å². The van der Waals surface area contributed by atoms with Gasteiger partial charge in [0.1, 0.15) is 0 Å². The normalized spacial score (nSPS) is 12.9. The highest BCUT2D eigenvalue weighted by Crippen LogP contribution is 2.09. The molecule has 0 spiro atoms. The van der Waals surface area contributed by atoms with Gasteiger partial charge in [-0.25, -0.2) is 0 Å². The van der Waals surface area contributed by atoms with E-state index in [1.165, 1.54) is 12.8 Å². The van der Waals surface area contributed by atoms with E-state index in [2.05, 4.69) is 44.8 Å². The molecule has 2 heteroatoms. The quantitative estimate of drug-likeness (QED) is 0.641. The van der Waals surface area contributed by atoms with Crippen LogP contribution in [0.15, 0.2) is 46.6 Å². The lowest BCUT2D eigenvalue weighted by atomic mass is 10.1. The molecule has 0 bridgehead atoms. The van der Waals surface area contributed by atoms with Crippen LogP contribution in [0.25, 0.3) is 0 Å². The summed E-state index contributed by atoms with van der Waals surface area (Å²) in [5, 5.41) is 8.39. The summed E-state index contributed by atoms with van der Waals surface area (Å²) in [6, 6.07) is 12.0. The molecule has 1 aromatic rings. The molecule has 0 aliphatic carbocycles. The number of hydrogen-bond acceptors (Lipinski definition) is 2. The van der Waals surface area contributed by atoms with Gasteiger partial charge in [0.25, 0.3) is 0 Å². The van der Waals surface area contributed by atoms with E-state index in [9.17, 15) is 0 Å². The second-order valence-electron chi connectivity index (χ2n) is 5.64. The molecule has 1 rings (SSSR count). The maximum Gasteiger partial charge on any atom is 0.0732 e. The van der Waals surface area contributed by atoms with Crippen LogP contribution in [0.3, 0.4) is 0 Å². The zero-order chi connectivity index (χ0) is 13.9. The zero-order valence-corrected chi connectivity index (χ0v) is 12.6. The van der Waals surface area contributed by atoms with Crippen molar-refractivity contribution < 1.29 is 0 Å². The molecule has 18 heavy (non-hydrogen) atoms. The molecule has 0 amide bonds. The zero-order valence-electron chi connectivity index (χ0n) is 12.6. The van der Waals surface area contributed by atoms with Crippen molar-refractivity contribution in [3.05, 3.63) is 36.4 Å². The summed E-state index contributed by atoms with van der Waals surface area (Å²) in [6.07, 6.45) is 2.50. The third-order valence-corrected chi connectivity index (χ3v) is 2.21.